The Morgan fingerprint density at radius 1 is 1.20 bits per heavy atom. The number of hydrogen-bond donors (Lipinski definition) is 0. The van der Waals surface area contributed by atoms with Gasteiger partial charge in [0.1, 0.15) is 24.5 Å². The van der Waals surface area contributed by atoms with Crippen LogP contribution >= 0.6 is 0 Å². The van der Waals surface area contributed by atoms with Gasteiger partial charge < -0.3 is 9.47 Å². The highest BCUT2D eigenvalue weighted by Gasteiger charge is 2.24. The second kappa shape index (κ2) is 8.27. The van der Waals surface area contributed by atoms with Gasteiger partial charge in [-0.2, -0.15) is 5.10 Å². The van der Waals surface area contributed by atoms with Crippen molar-refractivity contribution in [2.75, 3.05) is 7.11 Å². The molecule has 3 aromatic rings. The van der Waals surface area contributed by atoms with Gasteiger partial charge in [-0.3, -0.25) is 19.6 Å². The Balaban J connectivity index is 1.85. The molecule has 30 heavy (non-hydrogen) atoms. The predicted octanol–water partition coefficient (Wildman–Crippen LogP) is 2.79. The maximum Gasteiger partial charge on any atom is 0.340 e. The first kappa shape index (κ1) is 20.9. The van der Waals surface area contributed by atoms with Crippen molar-refractivity contribution in [3.05, 3.63) is 62.6 Å². The molecule has 0 unspecified atom stereocenters. The summed E-state index contributed by atoms with van der Waals surface area (Å²) in [5.41, 5.74) is 2.17. The molecule has 0 aliphatic rings. The minimum atomic E-state index is -0.668. The van der Waals surface area contributed by atoms with Crippen molar-refractivity contribution >= 4 is 28.5 Å². The molecule has 2 heterocycles. The predicted molar refractivity (Wildman–Crippen MR) is 106 cm³/mol. The molecule has 156 valence electrons. The van der Waals surface area contributed by atoms with E-state index in [0.29, 0.717) is 11.1 Å². The summed E-state index contributed by atoms with van der Waals surface area (Å²) in [5, 5.41) is 15.9. The topological polar surface area (TPSA) is 126 Å². The zero-order chi connectivity index (χ0) is 22.0. The first-order valence-electron chi connectivity index (χ1n) is 9.05. The molecule has 1 aromatic carbocycles. The summed E-state index contributed by atoms with van der Waals surface area (Å²) >= 11 is 0. The number of para-hydroxylation sites is 1. The van der Waals surface area contributed by atoms with E-state index in [2.05, 4.69) is 10.1 Å². The summed E-state index contributed by atoms with van der Waals surface area (Å²) in [5.74, 6) is -1.25. The molecule has 0 bridgehead atoms. The van der Waals surface area contributed by atoms with Crippen molar-refractivity contribution in [1.82, 2.24) is 14.8 Å². The molecule has 0 radical (unpaired) electrons. The van der Waals surface area contributed by atoms with Gasteiger partial charge in [0.15, 0.2) is 0 Å². The minimum Gasteiger partial charge on any atom is -0.465 e. The Hall–Kier alpha value is -3.82. The van der Waals surface area contributed by atoms with Crippen LogP contribution in [0, 0.1) is 30.9 Å². The van der Waals surface area contributed by atoms with Crippen molar-refractivity contribution in [3.8, 4) is 0 Å². The standard InChI is InChI=1S/C20H20N4O6/c1-11-14-7-5-6-8-15(14)21-16(18(11)20(26)29-4)10-30-17(25)9-23-13(3)19(24(27)28)12(2)22-23/h5-8H,9-10H2,1-4H3. The zero-order valence-electron chi connectivity index (χ0n) is 17.0. The Kier molecular flexibility index (Phi) is 5.77. The SMILES string of the molecule is COC(=O)c1c(COC(=O)Cn2nc(C)c([N+](=O)[O-])c2C)nc2ccccc2c1C. The molecule has 0 amide bonds. The molecule has 0 fully saturated rings. The number of hydrogen-bond acceptors (Lipinski definition) is 8. The van der Waals surface area contributed by atoms with Gasteiger partial charge >= 0.3 is 17.6 Å². The average molecular weight is 412 g/mol. The summed E-state index contributed by atoms with van der Waals surface area (Å²) in [6.07, 6.45) is 0. The lowest BCUT2D eigenvalue weighted by Gasteiger charge is -2.13. The lowest BCUT2D eigenvalue weighted by atomic mass is 10.0. The summed E-state index contributed by atoms with van der Waals surface area (Å²) in [4.78, 5) is 39.7. The molecule has 3 rings (SSSR count). The quantitative estimate of drug-likeness (QED) is 0.344. The van der Waals surface area contributed by atoms with E-state index in [-0.39, 0.29) is 41.5 Å². The summed E-state index contributed by atoms with van der Waals surface area (Å²) in [6.45, 7) is 4.22. The van der Waals surface area contributed by atoms with Crippen LogP contribution in [0.3, 0.4) is 0 Å². The van der Waals surface area contributed by atoms with Crippen LogP contribution in [0.1, 0.15) is 33.0 Å². The highest BCUT2D eigenvalue weighted by molar-refractivity contribution is 5.98. The maximum absolute atomic E-state index is 12.3. The van der Waals surface area contributed by atoms with E-state index in [0.717, 1.165) is 5.39 Å². The molecule has 0 aliphatic heterocycles. The third-order valence-corrected chi connectivity index (χ3v) is 4.79. The van der Waals surface area contributed by atoms with E-state index in [9.17, 15) is 19.7 Å². The first-order chi connectivity index (χ1) is 14.2. The van der Waals surface area contributed by atoms with Crippen molar-refractivity contribution < 1.29 is 24.0 Å². The molecule has 0 saturated carbocycles. The van der Waals surface area contributed by atoms with Crippen LogP contribution in [-0.2, 0) is 27.4 Å². The van der Waals surface area contributed by atoms with Gasteiger partial charge in [-0.05, 0) is 32.4 Å². The molecule has 0 saturated heterocycles. The lowest BCUT2D eigenvalue weighted by molar-refractivity contribution is -0.386. The fraction of sp³-hybridized carbons (Fsp3) is 0.300. The second-order valence-corrected chi connectivity index (χ2v) is 6.66. The summed E-state index contributed by atoms with van der Waals surface area (Å²) in [7, 11) is 1.27. The number of esters is 2. The number of fused-ring (bicyclic) bond motifs is 1. The number of carbonyl (C=O) groups excluding carboxylic acids is 2. The fourth-order valence-corrected chi connectivity index (χ4v) is 3.34. The van der Waals surface area contributed by atoms with Crippen LogP contribution in [-0.4, -0.2) is 38.7 Å². The van der Waals surface area contributed by atoms with Crippen LogP contribution in [0.5, 0.6) is 0 Å². The van der Waals surface area contributed by atoms with E-state index in [1.807, 2.05) is 18.2 Å². The van der Waals surface area contributed by atoms with E-state index in [4.69, 9.17) is 9.47 Å². The van der Waals surface area contributed by atoms with Crippen molar-refractivity contribution in [1.29, 1.82) is 0 Å². The number of methoxy groups -OCH3 is 1. The normalized spacial score (nSPS) is 10.8. The number of pyridine rings is 1. The number of carbonyl (C=O) groups is 2. The molecule has 0 aliphatic carbocycles. The van der Waals surface area contributed by atoms with Crippen LogP contribution in [0.4, 0.5) is 5.69 Å². The number of rotatable bonds is 6. The number of nitro groups is 1. The second-order valence-electron chi connectivity index (χ2n) is 6.66. The maximum atomic E-state index is 12.3. The summed E-state index contributed by atoms with van der Waals surface area (Å²) < 4.78 is 11.4. The third-order valence-electron chi connectivity index (χ3n) is 4.79. The van der Waals surface area contributed by atoms with Gasteiger partial charge in [0.25, 0.3) is 0 Å². The highest BCUT2D eigenvalue weighted by Crippen LogP contribution is 2.25. The number of aryl methyl sites for hydroxylation is 2. The van der Waals surface area contributed by atoms with Crippen molar-refractivity contribution in [2.45, 2.75) is 33.9 Å². The number of benzene rings is 1. The van der Waals surface area contributed by atoms with Gasteiger partial charge in [0.2, 0.25) is 0 Å². The monoisotopic (exact) mass is 412 g/mol. The molecule has 0 N–H and O–H groups in total. The molecule has 0 spiro atoms. The lowest BCUT2D eigenvalue weighted by Crippen LogP contribution is -2.18. The molecule has 10 heteroatoms. The zero-order valence-corrected chi connectivity index (χ0v) is 17.0. The van der Waals surface area contributed by atoms with E-state index in [1.165, 1.54) is 25.6 Å². The molecular formula is C20H20N4O6. The van der Waals surface area contributed by atoms with Crippen LogP contribution < -0.4 is 0 Å². The number of nitrogens with zero attached hydrogens (tertiary/aromatic N) is 4. The molecular weight excluding hydrogens is 392 g/mol. The van der Waals surface area contributed by atoms with Crippen molar-refractivity contribution in [3.63, 3.8) is 0 Å². The Labute approximate surface area is 171 Å². The Bertz CT molecular complexity index is 1170. The third kappa shape index (κ3) is 3.84. The van der Waals surface area contributed by atoms with Gasteiger partial charge in [-0.15, -0.1) is 0 Å². The fourth-order valence-electron chi connectivity index (χ4n) is 3.34. The number of aromatic nitrogens is 3. The average Bonchev–Trinajstić information content (AvgIpc) is 2.99. The van der Waals surface area contributed by atoms with Crippen LogP contribution in [0.2, 0.25) is 0 Å². The Morgan fingerprint density at radius 2 is 1.90 bits per heavy atom. The van der Waals surface area contributed by atoms with Gasteiger partial charge in [0.05, 0.1) is 28.8 Å². The molecule has 0 atom stereocenters. The van der Waals surface area contributed by atoms with E-state index < -0.39 is 16.9 Å². The largest absolute Gasteiger partial charge is 0.465 e. The smallest absolute Gasteiger partial charge is 0.340 e. The minimum absolute atomic E-state index is 0.136. The van der Waals surface area contributed by atoms with Crippen LogP contribution in [0.15, 0.2) is 24.3 Å². The van der Waals surface area contributed by atoms with Gasteiger partial charge in [0, 0.05) is 5.39 Å². The van der Waals surface area contributed by atoms with Crippen molar-refractivity contribution in [2.24, 2.45) is 0 Å². The Morgan fingerprint density at radius 3 is 2.53 bits per heavy atom. The van der Waals surface area contributed by atoms with Gasteiger partial charge in [-0.1, -0.05) is 18.2 Å². The van der Waals surface area contributed by atoms with E-state index >= 15 is 0 Å². The number of ether oxygens (including phenoxy) is 2. The first-order valence-corrected chi connectivity index (χ1v) is 9.05. The molecule has 2 aromatic heterocycles. The summed E-state index contributed by atoms with van der Waals surface area (Å²) in [6, 6.07) is 7.29. The van der Waals surface area contributed by atoms with Gasteiger partial charge in [-0.25, -0.2) is 9.78 Å². The van der Waals surface area contributed by atoms with Crippen LogP contribution in [0.25, 0.3) is 10.9 Å². The van der Waals surface area contributed by atoms with E-state index in [1.54, 1.807) is 13.0 Å². The highest BCUT2D eigenvalue weighted by atomic mass is 16.6. The molecule has 10 nitrogen and oxygen atoms in total.